The molecule has 0 saturated heterocycles. The number of anilines is 1. The molecule has 2 aromatic rings. The summed E-state index contributed by atoms with van der Waals surface area (Å²) >= 11 is 0. The first-order valence-electron chi connectivity index (χ1n) is 7.67. The molecule has 26 heavy (non-hydrogen) atoms. The summed E-state index contributed by atoms with van der Waals surface area (Å²) in [5, 5.41) is 5.99. The van der Waals surface area contributed by atoms with Crippen molar-refractivity contribution in [2.75, 3.05) is 11.9 Å². The van der Waals surface area contributed by atoms with Crippen LogP contribution in [0.4, 0.5) is 5.88 Å². The minimum Gasteiger partial charge on any atom is -0.452 e. The van der Waals surface area contributed by atoms with Gasteiger partial charge in [0.15, 0.2) is 6.10 Å². The molecule has 0 saturated carbocycles. The van der Waals surface area contributed by atoms with Crippen LogP contribution in [-0.4, -0.2) is 38.1 Å². The fourth-order valence-corrected chi connectivity index (χ4v) is 2.86. The van der Waals surface area contributed by atoms with Gasteiger partial charge in [-0.05, 0) is 32.9 Å². The van der Waals surface area contributed by atoms with Gasteiger partial charge in [-0.15, -0.1) is 0 Å². The van der Waals surface area contributed by atoms with E-state index >= 15 is 0 Å². The Hall–Kier alpha value is -2.72. The first-order valence-corrected chi connectivity index (χ1v) is 9.15. The van der Waals surface area contributed by atoms with Gasteiger partial charge in [-0.25, -0.2) is 8.42 Å². The van der Waals surface area contributed by atoms with E-state index in [1.54, 1.807) is 19.1 Å². The van der Waals surface area contributed by atoms with E-state index in [-0.39, 0.29) is 10.8 Å². The number of carbonyl (C=O) groups excluding carboxylic acids is 2. The Bertz CT molecular complexity index is 889. The average molecular weight is 381 g/mol. The molecule has 0 aliphatic carbocycles. The molecule has 1 heterocycles. The summed E-state index contributed by atoms with van der Waals surface area (Å²) in [6.45, 7) is 4.26. The second kappa shape index (κ2) is 8.11. The number of hydrogen-bond acceptors (Lipinski definition) is 7. The molecule has 0 spiro atoms. The second-order valence-corrected chi connectivity index (χ2v) is 7.36. The number of nitrogens with zero attached hydrogens (tertiary/aromatic N) is 1. The van der Waals surface area contributed by atoms with Crippen LogP contribution in [0.5, 0.6) is 0 Å². The van der Waals surface area contributed by atoms with Crippen LogP contribution in [-0.2, 0) is 24.3 Å². The summed E-state index contributed by atoms with van der Waals surface area (Å²) in [7, 11) is -3.85. The van der Waals surface area contributed by atoms with Crippen molar-refractivity contribution in [1.29, 1.82) is 0 Å². The predicted octanol–water partition coefficient (Wildman–Crippen LogP) is 1.14. The van der Waals surface area contributed by atoms with E-state index in [0.29, 0.717) is 5.69 Å². The Morgan fingerprint density at radius 3 is 2.46 bits per heavy atom. The molecule has 2 N–H and O–H groups in total. The molecule has 2 rings (SSSR count). The lowest BCUT2D eigenvalue weighted by Crippen LogP contribution is -2.35. The van der Waals surface area contributed by atoms with Gasteiger partial charge in [0, 0.05) is 6.07 Å². The standard InChI is InChI=1S/C16H19N3O6S/c1-10-4-6-13(7-5-10)26(22,23)17-9-15(20)24-12(3)16(21)18-14-8-11(2)19-25-14/h4-8,12,17H,9H2,1-3H3,(H,18,21). The van der Waals surface area contributed by atoms with Gasteiger partial charge in [-0.2, -0.15) is 4.72 Å². The number of sulfonamides is 1. The van der Waals surface area contributed by atoms with E-state index in [1.165, 1.54) is 25.1 Å². The Kier molecular flexibility index (Phi) is 6.11. The van der Waals surface area contributed by atoms with Gasteiger partial charge in [0.1, 0.15) is 6.54 Å². The van der Waals surface area contributed by atoms with E-state index in [2.05, 4.69) is 15.2 Å². The maximum atomic E-state index is 12.1. The summed E-state index contributed by atoms with van der Waals surface area (Å²) in [6, 6.07) is 7.65. The smallest absolute Gasteiger partial charge is 0.321 e. The zero-order chi connectivity index (χ0) is 19.3. The zero-order valence-corrected chi connectivity index (χ0v) is 15.3. The number of esters is 1. The number of amides is 1. The molecule has 0 aliphatic heterocycles. The van der Waals surface area contributed by atoms with E-state index in [9.17, 15) is 18.0 Å². The number of aromatic nitrogens is 1. The summed E-state index contributed by atoms with van der Waals surface area (Å²) in [5.74, 6) is -1.40. The molecular weight excluding hydrogens is 362 g/mol. The van der Waals surface area contributed by atoms with Gasteiger partial charge in [0.25, 0.3) is 5.91 Å². The third-order valence-corrected chi connectivity index (χ3v) is 4.71. The van der Waals surface area contributed by atoms with Gasteiger partial charge in [0.2, 0.25) is 15.9 Å². The van der Waals surface area contributed by atoms with Crippen molar-refractivity contribution in [3.8, 4) is 0 Å². The molecule has 1 unspecified atom stereocenters. The molecule has 0 aliphatic rings. The number of ether oxygens (including phenoxy) is 1. The minimum atomic E-state index is -3.85. The monoisotopic (exact) mass is 381 g/mol. The van der Waals surface area contributed by atoms with E-state index in [4.69, 9.17) is 9.26 Å². The Morgan fingerprint density at radius 1 is 1.23 bits per heavy atom. The quantitative estimate of drug-likeness (QED) is 0.688. The number of benzene rings is 1. The van der Waals surface area contributed by atoms with Gasteiger partial charge in [-0.3, -0.25) is 14.9 Å². The lowest BCUT2D eigenvalue weighted by molar-refractivity contribution is -0.151. The van der Waals surface area contributed by atoms with Crippen LogP contribution in [0.2, 0.25) is 0 Å². The number of rotatable bonds is 7. The maximum absolute atomic E-state index is 12.1. The van der Waals surface area contributed by atoms with Crippen molar-refractivity contribution in [2.45, 2.75) is 31.8 Å². The van der Waals surface area contributed by atoms with Crippen molar-refractivity contribution >= 4 is 27.8 Å². The number of hydrogen-bond donors (Lipinski definition) is 2. The average Bonchev–Trinajstić information content (AvgIpc) is 2.98. The molecule has 1 amide bonds. The Morgan fingerprint density at radius 2 is 1.88 bits per heavy atom. The summed E-state index contributed by atoms with van der Waals surface area (Å²) < 4.78 is 36.0. The molecule has 0 fully saturated rings. The van der Waals surface area contributed by atoms with Gasteiger partial charge < -0.3 is 9.26 Å². The first kappa shape index (κ1) is 19.6. The van der Waals surface area contributed by atoms with Crippen LogP contribution in [0.3, 0.4) is 0 Å². The predicted molar refractivity (Wildman–Crippen MR) is 91.8 cm³/mol. The summed E-state index contributed by atoms with van der Waals surface area (Å²) in [5.41, 5.74) is 1.49. The van der Waals surface area contributed by atoms with Crippen molar-refractivity contribution in [3.05, 3.63) is 41.6 Å². The van der Waals surface area contributed by atoms with Gasteiger partial charge in [0.05, 0.1) is 10.6 Å². The third-order valence-electron chi connectivity index (χ3n) is 3.29. The normalized spacial score (nSPS) is 12.4. The van der Waals surface area contributed by atoms with E-state index < -0.39 is 34.5 Å². The first-order chi connectivity index (χ1) is 12.2. The molecule has 1 aromatic heterocycles. The van der Waals surface area contributed by atoms with Gasteiger partial charge >= 0.3 is 5.97 Å². The second-order valence-electron chi connectivity index (χ2n) is 5.59. The summed E-state index contributed by atoms with van der Waals surface area (Å²) in [4.78, 5) is 23.7. The topological polar surface area (TPSA) is 128 Å². The minimum absolute atomic E-state index is 0.0300. The Balaban J connectivity index is 1.85. The largest absolute Gasteiger partial charge is 0.452 e. The lowest BCUT2D eigenvalue weighted by Gasteiger charge is -2.12. The molecule has 140 valence electrons. The highest BCUT2D eigenvalue weighted by atomic mass is 32.2. The zero-order valence-electron chi connectivity index (χ0n) is 14.5. The van der Waals surface area contributed by atoms with Gasteiger partial charge in [-0.1, -0.05) is 22.9 Å². The number of aryl methyl sites for hydroxylation is 2. The molecule has 0 radical (unpaired) electrons. The van der Waals surface area contributed by atoms with Crippen molar-refractivity contribution in [1.82, 2.24) is 9.88 Å². The molecule has 1 aromatic carbocycles. The van der Waals surface area contributed by atoms with Crippen LogP contribution in [0.25, 0.3) is 0 Å². The highest BCUT2D eigenvalue weighted by Crippen LogP contribution is 2.10. The molecule has 0 bridgehead atoms. The maximum Gasteiger partial charge on any atom is 0.321 e. The SMILES string of the molecule is Cc1ccc(S(=O)(=O)NCC(=O)OC(C)C(=O)Nc2cc(C)no2)cc1. The van der Waals surface area contributed by atoms with Crippen LogP contribution >= 0.6 is 0 Å². The van der Waals surface area contributed by atoms with Crippen LogP contribution < -0.4 is 10.0 Å². The molecular formula is C16H19N3O6S. The van der Waals surface area contributed by atoms with Crippen LogP contribution in [0.15, 0.2) is 39.8 Å². The number of carbonyl (C=O) groups is 2. The van der Waals surface area contributed by atoms with Crippen molar-refractivity contribution in [2.24, 2.45) is 0 Å². The Labute approximate surface area is 150 Å². The molecule has 1 atom stereocenters. The molecule has 9 nitrogen and oxygen atoms in total. The fraction of sp³-hybridized carbons (Fsp3) is 0.312. The lowest BCUT2D eigenvalue weighted by atomic mass is 10.2. The van der Waals surface area contributed by atoms with Crippen LogP contribution in [0.1, 0.15) is 18.2 Å². The van der Waals surface area contributed by atoms with E-state index in [1.807, 2.05) is 6.92 Å². The third kappa shape index (κ3) is 5.39. The highest BCUT2D eigenvalue weighted by Gasteiger charge is 2.21. The fourth-order valence-electron chi connectivity index (χ4n) is 1.89. The van der Waals surface area contributed by atoms with Crippen molar-refractivity contribution in [3.63, 3.8) is 0 Å². The highest BCUT2D eigenvalue weighted by molar-refractivity contribution is 7.89. The molecule has 10 heteroatoms. The van der Waals surface area contributed by atoms with Crippen molar-refractivity contribution < 1.29 is 27.3 Å². The summed E-state index contributed by atoms with van der Waals surface area (Å²) in [6.07, 6.45) is -1.14. The van der Waals surface area contributed by atoms with Crippen LogP contribution in [0, 0.1) is 13.8 Å². The number of nitrogens with one attached hydrogen (secondary N) is 2. The van der Waals surface area contributed by atoms with E-state index in [0.717, 1.165) is 5.56 Å².